The first-order valence-electron chi connectivity index (χ1n) is 8.35. The van der Waals surface area contributed by atoms with Crippen LogP contribution in [-0.4, -0.2) is 43.0 Å². The topological polar surface area (TPSA) is 93.9 Å². The fourth-order valence-electron chi connectivity index (χ4n) is 3.22. The van der Waals surface area contributed by atoms with Crippen LogP contribution in [-0.2, 0) is 17.8 Å². The SMILES string of the molecule is CN1CCc2c(sc(NC(=O)[C@@H]3COc4ccccc4O3)c2C(N)=O)C1. The van der Waals surface area contributed by atoms with Crippen LogP contribution in [0.15, 0.2) is 24.3 Å². The molecule has 1 aromatic carbocycles. The monoisotopic (exact) mass is 373 g/mol. The molecular formula is C18H19N3O4S. The van der Waals surface area contributed by atoms with E-state index < -0.39 is 12.0 Å². The maximum absolute atomic E-state index is 12.7. The standard InChI is InChI=1S/C18H19N3O4S/c1-21-7-6-10-14(8-21)26-18(15(10)16(19)22)20-17(23)13-9-24-11-4-2-3-5-12(11)25-13/h2-5,13H,6-9H2,1H3,(H2,19,22)(H,20,23)/t13-/m0/s1. The van der Waals surface area contributed by atoms with Crippen LogP contribution in [0.5, 0.6) is 11.5 Å². The lowest BCUT2D eigenvalue weighted by Gasteiger charge is -2.25. The summed E-state index contributed by atoms with van der Waals surface area (Å²) in [4.78, 5) is 27.9. The third-order valence-electron chi connectivity index (χ3n) is 4.53. The molecule has 1 aromatic heterocycles. The highest BCUT2D eigenvalue weighted by atomic mass is 32.1. The van der Waals surface area contributed by atoms with Gasteiger partial charge in [-0.3, -0.25) is 9.59 Å². The van der Waals surface area contributed by atoms with E-state index in [1.165, 1.54) is 11.3 Å². The second-order valence-electron chi connectivity index (χ2n) is 6.41. The Balaban J connectivity index is 1.56. The average molecular weight is 373 g/mol. The maximum Gasteiger partial charge on any atom is 0.269 e. The average Bonchev–Trinajstić information content (AvgIpc) is 2.98. The van der Waals surface area contributed by atoms with E-state index >= 15 is 0 Å². The van der Waals surface area contributed by atoms with Gasteiger partial charge < -0.3 is 25.4 Å². The van der Waals surface area contributed by atoms with Gasteiger partial charge in [0.1, 0.15) is 11.6 Å². The molecule has 7 nitrogen and oxygen atoms in total. The summed E-state index contributed by atoms with van der Waals surface area (Å²) in [6.45, 7) is 1.71. The number of fused-ring (bicyclic) bond motifs is 2. The molecule has 2 aliphatic rings. The fraction of sp³-hybridized carbons (Fsp3) is 0.333. The molecule has 3 heterocycles. The summed E-state index contributed by atoms with van der Waals surface area (Å²) >= 11 is 1.40. The third kappa shape index (κ3) is 3.02. The van der Waals surface area contributed by atoms with Crippen molar-refractivity contribution < 1.29 is 19.1 Å². The van der Waals surface area contributed by atoms with E-state index in [0.29, 0.717) is 22.1 Å². The van der Waals surface area contributed by atoms with E-state index in [4.69, 9.17) is 15.2 Å². The number of likely N-dealkylation sites (N-methyl/N-ethyl adjacent to an activating group) is 1. The van der Waals surface area contributed by atoms with Gasteiger partial charge in [-0.1, -0.05) is 12.1 Å². The molecular weight excluding hydrogens is 354 g/mol. The largest absolute Gasteiger partial charge is 0.485 e. The molecule has 4 rings (SSSR count). The van der Waals surface area contributed by atoms with Gasteiger partial charge in [0.25, 0.3) is 11.8 Å². The first-order chi connectivity index (χ1) is 12.5. The number of hydrogen-bond acceptors (Lipinski definition) is 6. The quantitative estimate of drug-likeness (QED) is 0.853. The van der Waals surface area contributed by atoms with E-state index in [0.717, 1.165) is 30.0 Å². The second-order valence-corrected chi connectivity index (χ2v) is 7.52. The van der Waals surface area contributed by atoms with Gasteiger partial charge in [0.15, 0.2) is 11.5 Å². The van der Waals surface area contributed by atoms with Gasteiger partial charge in [0.05, 0.1) is 5.56 Å². The number of carbonyl (C=O) groups is 2. The van der Waals surface area contributed by atoms with E-state index in [1.54, 1.807) is 12.1 Å². The van der Waals surface area contributed by atoms with Crippen molar-refractivity contribution in [2.75, 3.05) is 25.5 Å². The van der Waals surface area contributed by atoms with Crippen molar-refractivity contribution in [3.05, 3.63) is 40.3 Å². The van der Waals surface area contributed by atoms with Gasteiger partial charge in [-0.05, 0) is 31.2 Å². The van der Waals surface area contributed by atoms with Crippen molar-refractivity contribution in [1.82, 2.24) is 4.90 Å². The number of nitrogens with zero attached hydrogens (tertiary/aromatic N) is 1. The number of para-hydroxylation sites is 2. The fourth-order valence-corrected chi connectivity index (χ4v) is 4.56. The summed E-state index contributed by atoms with van der Waals surface area (Å²) in [7, 11) is 2.02. The molecule has 0 fully saturated rings. The highest BCUT2D eigenvalue weighted by Gasteiger charge is 2.31. The van der Waals surface area contributed by atoms with Crippen LogP contribution in [0.1, 0.15) is 20.8 Å². The Kier molecular flexibility index (Phi) is 4.29. The van der Waals surface area contributed by atoms with Gasteiger partial charge in [0.2, 0.25) is 6.10 Å². The third-order valence-corrected chi connectivity index (χ3v) is 5.66. The molecule has 0 radical (unpaired) electrons. The van der Waals surface area contributed by atoms with Crippen LogP contribution in [0.4, 0.5) is 5.00 Å². The number of ether oxygens (including phenoxy) is 2. The zero-order valence-electron chi connectivity index (χ0n) is 14.3. The lowest BCUT2D eigenvalue weighted by Crippen LogP contribution is -2.40. The van der Waals surface area contributed by atoms with Crippen molar-refractivity contribution >= 4 is 28.2 Å². The Morgan fingerprint density at radius 3 is 2.85 bits per heavy atom. The molecule has 1 atom stereocenters. The minimum Gasteiger partial charge on any atom is -0.485 e. The number of benzene rings is 1. The molecule has 0 unspecified atom stereocenters. The minimum atomic E-state index is -0.785. The normalized spacial score (nSPS) is 18.9. The van der Waals surface area contributed by atoms with Crippen LogP contribution in [0.3, 0.4) is 0 Å². The summed E-state index contributed by atoms with van der Waals surface area (Å²) in [5.74, 6) is 0.271. The molecule has 0 saturated heterocycles. The number of anilines is 1. The van der Waals surface area contributed by atoms with E-state index in [2.05, 4.69) is 10.2 Å². The Hall–Kier alpha value is -2.58. The second kappa shape index (κ2) is 6.62. The number of amides is 2. The first kappa shape index (κ1) is 16.9. The van der Waals surface area contributed by atoms with Gasteiger partial charge >= 0.3 is 0 Å². The molecule has 8 heteroatoms. The summed E-state index contributed by atoms with van der Waals surface area (Å²) < 4.78 is 11.3. The molecule has 2 aromatic rings. The number of nitrogens with one attached hydrogen (secondary N) is 1. The number of primary amides is 1. The molecule has 2 aliphatic heterocycles. The predicted octanol–water partition coefficient (Wildman–Crippen LogP) is 1.61. The number of rotatable bonds is 3. The smallest absolute Gasteiger partial charge is 0.269 e. The van der Waals surface area contributed by atoms with Gasteiger partial charge in [-0.15, -0.1) is 11.3 Å². The number of nitrogens with two attached hydrogens (primary N) is 1. The van der Waals surface area contributed by atoms with E-state index in [-0.39, 0.29) is 12.5 Å². The molecule has 26 heavy (non-hydrogen) atoms. The number of carbonyl (C=O) groups excluding carboxylic acids is 2. The maximum atomic E-state index is 12.7. The molecule has 0 saturated carbocycles. The first-order valence-corrected chi connectivity index (χ1v) is 9.17. The lowest BCUT2D eigenvalue weighted by molar-refractivity contribution is -0.125. The molecule has 0 aliphatic carbocycles. The van der Waals surface area contributed by atoms with Gasteiger partial charge in [-0.2, -0.15) is 0 Å². The zero-order chi connectivity index (χ0) is 18.3. The van der Waals surface area contributed by atoms with Crippen molar-refractivity contribution in [3.63, 3.8) is 0 Å². The van der Waals surface area contributed by atoms with Crippen LogP contribution in [0.25, 0.3) is 0 Å². The van der Waals surface area contributed by atoms with Crippen LogP contribution in [0, 0.1) is 0 Å². The van der Waals surface area contributed by atoms with Crippen molar-refractivity contribution in [2.45, 2.75) is 19.1 Å². The van der Waals surface area contributed by atoms with Crippen molar-refractivity contribution in [1.29, 1.82) is 0 Å². The molecule has 136 valence electrons. The highest BCUT2D eigenvalue weighted by molar-refractivity contribution is 7.17. The zero-order valence-corrected chi connectivity index (χ0v) is 15.1. The van der Waals surface area contributed by atoms with E-state index in [9.17, 15) is 9.59 Å². The summed E-state index contributed by atoms with van der Waals surface area (Å²) in [6, 6.07) is 7.20. The molecule has 3 N–H and O–H groups in total. The Bertz CT molecular complexity index is 879. The van der Waals surface area contributed by atoms with E-state index in [1.807, 2.05) is 19.2 Å². The Labute approximate surface area is 154 Å². The lowest BCUT2D eigenvalue weighted by atomic mass is 10.0. The highest BCUT2D eigenvalue weighted by Crippen LogP contribution is 2.37. The Morgan fingerprint density at radius 2 is 2.08 bits per heavy atom. The number of hydrogen-bond donors (Lipinski definition) is 2. The predicted molar refractivity (Wildman–Crippen MR) is 97.9 cm³/mol. The molecule has 0 bridgehead atoms. The summed E-state index contributed by atoms with van der Waals surface area (Å²) in [6.07, 6.45) is -0.0418. The minimum absolute atomic E-state index is 0.114. The molecule has 0 spiro atoms. The summed E-state index contributed by atoms with van der Waals surface area (Å²) in [5.41, 5.74) is 6.95. The van der Waals surface area contributed by atoms with Crippen molar-refractivity contribution in [2.24, 2.45) is 5.73 Å². The van der Waals surface area contributed by atoms with Crippen molar-refractivity contribution in [3.8, 4) is 11.5 Å². The van der Waals surface area contributed by atoms with Crippen LogP contribution < -0.4 is 20.5 Å². The molecule has 2 amide bonds. The number of thiophene rings is 1. The van der Waals surface area contributed by atoms with Crippen LogP contribution >= 0.6 is 11.3 Å². The summed E-state index contributed by atoms with van der Waals surface area (Å²) in [5, 5.41) is 3.31. The van der Waals surface area contributed by atoms with Gasteiger partial charge in [0, 0.05) is 18.0 Å². The Morgan fingerprint density at radius 1 is 1.31 bits per heavy atom. The van der Waals surface area contributed by atoms with Gasteiger partial charge in [-0.25, -0.2) is 0 Å². The van der Waals surface area contributed by atoms with Crippen LogP contribution in [0.2, 0.25) is 0 Å².